The number of aromatic nitrogens is 4. The molecule has 2 bridgehead atoms. The van der Waals surface area contributed by atoms with Crippen LogP contribution in [0.25, 0.3) is 28.0 Å². The molecule has 0 aliphatic carbocycles. The van der Waals surface area contributed by atoms with Crippen molar-refractivity contribution in [1.29, 1.82) is 5.41 Å². The van der Waals surface area contributed by atoms with Crippen molar-refractivity contribution in [3.05, 3.63) is 66.1 Å². The molecule has 5 N–H and O–H groups in total. The third-order valence-electron chi connectivity index (χ3n) is 7.51. The second-order valence-electron chi connectivity index (χ2n) is 9.44. The first-order valence-electron chi connectivity index (χ1n) is 11.8. The summed E-state index contributed by atoms with van der Waals surface area (Å²) in [6.07, 6.45) is 7.74. The molecule has 8 nitrogen and oxygen atoms in total. The summed E-state index contributed by atoms with van der Waals surface area (Å²) in [6.45, 7) is 2.04. The van der Waals surface area contributed by atoms with Gasteiger partial charge in [0.1, 0.15) is 5.82 Å². The van der Waals surface area contributed by atoms with Gasteiger partial charge in [-0.2, -0.15) is 9.61 Å². The number of pyridine rings is 1. The van der Waals surface area contributed by atoms with Crippen molar-refractivity contribution in [3.8, 4) is 22.4 Å². The van der Waals surface area contributed by atoms with E-state index in [2.05, 4.69) is 33.2 Å². The Labute approximate surface area is 198 Å². The number of hydrogen-bond donors (Lipinski definition) is 3. The molecule has 34 heavy (non-hydrogen) atoms. The molecule has 2 unspecified atom stereocenters. The lowest BCUT2D eigenvalue weighted by atomic mass is 9.86. The molecular formula is C26H28N8. The molecule has 2 fully saturated rings. The van der Waals surface area contributed by atoms with E-state index in [0.717, 1.165) is 65.0 Å². The standard InChI is InChI=1S/C26H28N8/c1-15-23(18-11-19-8-9-20(12-18)33(19)26(28)29)32-25-21(14-31-34(25)24(15)27)17-7-10-22(30-13-17)16-5-3-2-4-6-16/h2-7,10,13-14,18-20H,8-9,11-12,27H2,1H3,(H3,28,29)/t18?,19-,20?/m0/s1. The van der Waals surface area contributed by atoms with E-state index in [1.807, 2.05) is 43.6 Å². The van der Waals surface area contributed by atoms with E-state index in [0.29, 0.717) is 23.8 Å². The van der Waals surface area contributed by atoms with Crippen LogP contribution >= 0.6 is 0 Å². The number of fused-ring (bicyclic) bond motifs is 3. The van der Waals surface area contributed by atoms with E-state index >= 15 is 0 Å². The fraction of sp³-hybridized carbons (Fsp3) is 0.308. The number of benzene rings is 1. The van der Waals surface area contributed by atoms with Crippen molar-refractivity contribution in [2.45, 2.75) is 50.6 Å². The smallest absolute Gasteiger partial charge is 0.188 e. The monoisotopic (exact) mass is 452 g/mol. The average molecular weight is 453 g/mol. The number of nitrogens with two attached hydrogens (primary N) is 2. The fourth-order valence-corrected chi connectivity index (χ4v) is 5.84. The summed E-state index contributed by atoms with van der Waals surface area (Å²) in [6, 6.07) is 14.8. The molecular weight excluding hydrogens is 424 g/mol. The van der Waals surface area contributed by atoms with Gasteiger partial charge < -0.3 is 16.4 Å². The highest BCUT2D eigenvalue weighted by molar-refractivity contribution is 5.79. The zero-order chi connectivity index (χ0) is 23.4. The van der Waals surface area contributed by atoms with Crippen LogP contribution in [0, 0.1) is 12.3 Å². The molecule has 2 saturated heterocycles. The lowest BCUT2D eigenvalue weighted by Gasteiger charge is -2.39. The van der Waals surface area contributed by atoms with Crippen LogP contribution < -0.4 is 11.5 Å². The highest BCUT2D eigenvalue weighted by Crippen LogP contribution is 2.44. The maximum atomic E-state index is 7.97. The van der Waals surface area contributed by atoms with Gasteiger partial charge in [-0.1, -0.05) is 36.4 Å². The van der Waals surface area contributed by atoms with E-state index in [4.69, 9.17) is 21.9 Å². The fourth-order valence-electron chi connectivity index (χ4n) is 5.84. The Bertz CT molecular complexity index is 1360. The van der Waals surface area contributed by atoms with Gasteiger partial charge >= 0.3 is 0 Å². The normalized spacial score (nSPS) is 21.8. The van der Waals surface area contributed by atoms with Crippen molar-refractivity contribution in [2.24, 2.45) is 5.73 Å². The van der Waals surface area contributed by atoms with Crippen LogP contribution in [0.5, 0.6) is 0 Å². The minimum absolute atomic E-state index is 0.190. The van der Waals surface area contributed by atoms with Gasteiger partial charge in [-0.3, -0.25) is 10.4 Å². The van der Waals surface area contributed by atoms with Crippen LogP contribution in [-0.4, -0.2) is 42.5 Å². The highest BCUT2D eigenvalue weighted by Gasteiger charge is 2.42. The largest absolute Gasteiger partial charge is 0.383 e. The van der Waals surface area contributed by atoms with Gasteiger partial charge in [0.05, 0.1) is 17.6 Å². The second kappa shape index (κ2) is 7.83. The molecule has 2 aliphatic heterocycles. The van der Waals surface area contributed by atoms with Crippen LogP contribution in [0.2, 0.25) is 0 Å². The zero-order valence-electron chi connectivity index (χ0n) is 19.1. The molecule has 0 radical (unpaired) electrons. The predicted octanol–water partition coefficient (Wildman–Crippen LogP) is 3.95. The Kier molecular flexibility index (Phi) is 4.76. The van der Waals surface area contributed by atoms with E-state index in [1.165, 1.54) is 0 Å². The van der Waals surface area contributed by atoms with Crippen LogP contribution in [-0.2, 0) is 0 Å². The molecule has 0 saturated carbocycles. The number of nitrogens with zero attached hydrogens (tertiary/aromatic N) is 5. The first-order valence-corrected chi connectivity index (χ1v) is 11.8. The Hall–Kier alpha value is -3.94. The quantitative estimate of drug-likeness (QED) is 0.319. The van der Waals surface area contributed by atoms with Crippen molar-refractivity contribution in [3.63, 3.8) is 0 Å². The summed E-state index contributed by atoms with van der Waals surface area (Å²) >= 11 is 0. The Morgan fingerprint density at radius 2 is 1.74 bits per heavy atom. The molecule has 172 valence electrons. The molecule has 0 spiro atoms. The molecule has 1 aromatic carbocycles. The van der Waals surface area contributed by atoms with Gasteiger partial charge in [-0.25, -0.2) is 4.98 Å². The molecule has 0 amide bonds. The second-order valence-corrected chi connectivity index (χ2v) is 9.44. The number of guanidine groups is 1. The molecule has 5 heterocycles. The van der Waals surface area contributed by atoms with Crippen LogP contribution in [0.4, 0.5) is 5.82 Å². The van der Waals surface area contributed by atoms with Crippen molar-refractivity contribution < 1.29 is 0 Å². The van der Waals surface area contributed by atoms with Crippen molar-refractivity contribution >= 4 is 17.4 Å². The van der Waals surface area contributed by atoms with Gasteiger partial charge in [-0.15, -0.1) is 0 Å². The topological polar surface area (TPSA) is 122 Å². The van der Waals surface area contributed by atoms with Gasteiger partial charge in [0.2, 0.25) is 0 Å². The molecule has 2 aliphatic rings. The Morgan fingerprint density at radius 3 is 2.38 bits per heavy atom. The zero-order valence-corrected chi connectivity index (χ0v) is 19.1. The van der Waals surface area contributed by atoms with Crippen LogP contribution in [0.1, 0.15) is 42.9 Å². The van der Waals surface area contributed by atoms with E-state index in [9.17, 15) is 0 Å². The van der Waals surface area contributed by atoms with Crippen LogP contribution in [0.3, 0.4) is 0 Å². The van der Waals surface area contributed by atoms with Crippen LogP contribution in [0.15, 0.2) is 54.9 Å². The number of anilines is 1. The summed E-state index contributed by atoms with van der Waals surface area (Å²) in [5.74, 6) is 1.11. The maximum absolute atomic E-state index is 7.97. The van der Waals surface area contributed by atoms with Gasteiger partial charge in [-0.05, 0) is 38.7 Å². The van der Waals surface area contributed by atoms with Gasteiger partial charge in [0.25, 0.3) is 0 Å². The summed E-state index contributed by atoms with van der Waals surface area (Å²) in [7, 11) is 0. The van der Waals surface area contributed by atoms with Crippen molar-refractivity contribution in [2.75, 3.05) is 5.73 Å². The predicted molar refractivity (Wildman–Crippen MR) is 133 cm³/mol. The number of piperidine rings is 1. The van der Waals surface area contributed by atoms with E-state index in [1.54, 1.807) is 4.52 Å². The summed E-state index contributed by atoms with van der Waals surface area (Å²) in [5.41, 5.74) is 19.1. The van der Waals surface area contributed by atoms with E-state index < -0.39 is 0 Å². The minimum atomic E-state index is 0.190. The van der Waals surface area contributed by atoms with E-state index in [-0.39, 0.29) is 5.96 Å². The third kappa shape index (κ3) is 3.21. The molecule has 6 rings (SSSR count). The summed E-state index contributed by atoms with van der Waals surface area (Å²) in [5, 5.41) is 12.5. The minimum Gasteiger partial charge on any atom is -0.383 e. The van der Waals surface area contributed by atoms with Gasteiger partial charge in [0.15, 0.2) is 11.6 Å². The summed E-state index contributed by atoms with van der Waals surface area (Å²) < 4.78 is 1.73. The number of hydrogen-bond acceptors (Lipinski definition) is 5. The highest BCUT2D eigenvalue weighted by atomic mass is 15.3. The molecule has 3 aromatic heterocycles. The lowest BCUT2D eigenvalue weighted by molar-refractivity contribution is 0.209. The summed E-state index contributed by atoms with van der Waals surface area (Å²) in [4.78, 5) is 11.9. The molecule has 4 aromatic rings. The lowest BCUT2D eigenvalue weighted by Crippen LogP contribution is -2.49. The maximum Gasteiger partial charge on any atom is 0.188 e. The average Bonchev–Trinajstić information content (AvgIpc) is 3.40. The Morgan fingerprint density at radius 1 is 1.00 bits per heavy atom. The van der Waals surface area contributed by atoms with Gasteiger partial charge in [0, 0.05) is 46.5 Å². The molecule has 8 heteroatoms. The first-order chi connectivity index (χ1) is 16.5. The first kappa shape index (κ1) is 20.7. The third-order valence-corrected chi connectivity index (χ3v) is 7.51. The number of nitrogens with one attached hydrogen (secondary N) is 1. The number of rotatable bonds is 3. The number of nitrogen functional groups attached to an aromatic ring is 1. The Balaban J connectivity index is 1.38. The molecule has 3 atom stereocenters. The van der Waals surface area contributed by atoms with Crippen molar-refractivity contribution in [1.82, 2.24) is 24.5 Å². The SMILES string of the molecule is Cc1c(C2CC3CC[C@@H](C2)N3C(=N)N)nc2c(-c3ccc(-c4ccccc4)nc3)cnn2c1N.